The monoisotopic (exact) mass is 433 g/mol. The summed E-state index contributed by atoms with van der Waals surface area (Å²) in [5, 5.41) is 4.46. The molecule has 33 heavy (non-hydrogen) atoms. The lowest BCUT2D eigenvalue weighted by atomic mass is 9.91. The maximum absolute atomic E-state index is 11.8. The second kappa shape index (κ2) is 8.24. The fourth-order valence-electron chi connectivity index (χ4n) is 3.80. The first-order valence-electron chi connectivity index (χ1n) is 10.4. The number of nitrogens with zero attached hydrogens (tertiary/aromatic N) is 4. The lowest BCUT2D eigenvalue weighted by Crippen LogP contribution is -2.20. The lowest BCUT2D eigenvalue weighted by molar-refractivity contribution is 0.0601. The topological polar surface area (TPSA) is 95.4 Å². The molecule has 0 atom stereocenters. The van der Waals surface area contributed by atoms with Crippen molar-refractivity contribution in [3.8, 4) is 33.6 Å². The number of carbonyl (C=O) groups is 1. The van der Waals surface area contributed by atoms with E-state index in [1.807, 2.05) is 68.6 Å². The highest BCUT2D eigenvalue weighted by Crippen LogP contribution is 2.28. The van der Waals surface area contributed by atoms with Crippen LogP contribution in [0.15, 0.2) is 79.1 Å². The maximum Gasteiger partial charge on any atom is 0.337 e. The Morgan fingerprint density at radius 1 is 0.939 bits per heavy atom. The van der Waals surface area contributed by atoms with Gasteiger partial charge >= 0.3 is 5.97 Å². The van der Waals surface area contributed by atoms with E-state index < -0.39 is 0 Å². The maximum atomic E-state index is 11.8. The summed E-state index contributed by atoms with van der Waals surface area (Å²) < 4.78 is 6.42. The fourth-order valence-corrected chi connectivity index (χ4v) is 3.80. The SMILES string of the molecule is Bc1c(-c2ccc(C(=O)OC)cc2)nc2c(-c3ccc(-c4ccccc4)nc3)cnn2c1N. The highest BCUT2D eigenvalue weighted by Gasteiger charge is 2.17. The van der Waals surface area contributed by atoms with Crippen LogP contribution in [0.3, 0.4) is 0 Å². The summed E-state index contributed by atoms with van der Waals surface area (Å²) in [5.41, 5.74) is 13.6. The third-order valence-electron chi connectivity index (χ3n) is 5.65. The fraction of sp³-hybridized carbons (Fsp3) is 0.0400. The molecule has 0 unspecified atom stereocenters. The molecular formula is C25H20BN5O2. The molecule has 2 aromatic carbocycles. The zero-order valence-electron chi connectivity index (χ0n) is 18.2. The second-order valence-electron chi connectivity index (χ2n) is 7.63. The summed E-state index contributed by atoms with van der Waals surface area (Å²) in [6, 6.07) is 21.1. The Morgan fingerprint density at radius 2 is 1.67 bits per heavy atom. The quantitative estimate of drug-likeness (QED) is 0.346. The third kappa shape index (κ3) is 3.61. The van der Waals surface area contributed by atoms with E-state index in [2.05, 4.69) is 10.1 Å². The van der Waals surface area contributed by atoms with Gasteiger partial charge in [-0.2, -0.15) is 9.61 Å². The minimum atomic E-state index is -0.384. The van der Waals surface area contributed by atoms with Gasteiger partial charge in [0.25, 0.3) is 0 Å². The van der Waals surface area contributed by atoms with Gasteiger partial charge in [-0.15, -0.1) is 0 Å². The van der Waals surface area contributed by atoms with Crippen molar-refractivity contribution in [1.82, 2.24) is 19.6 Å². The van der Waals surface area contributed by atoms with E-state index >= 15 is 0 Å². The van der Waals surface area contributed by atoms with Crippen molar-refractivity contribution in [3.05, 3.63) is 84.7 Å². The number of anilines is 1. The number of esters is 1. The first-order chi connectivity index (χ1) is 16.1. The molecule has 0 amide bonds. The van der Waals surface area contributed by atoms with Crippen LogP contribution in [0, 0.1) is 0 Å². The highest BCUT2D eigenvalue weighted by molar-refractivity contribution is 6.38. The Labute approximate surface area is 191 Å². The van der Waals surface area contributed by atoms with Gasteiger partial charge in [0.2, 0.25) is 0 Å². The molecule has 0 bridgehead atoms. The first-order valence-corrected chi connectivity index (χ1v) is 10.4. The van der Waals surface area contributed by atoms with E-state index in [0.717, 1.165) is 39.1 Å². The molecule has 3 aromatic heterocycles. The van der Waals surface area contributed by atoms with Crippen LogP contribution in [0.4, 0.5) is 5.82 Å². The molecular weight excluding hydrogens is 413 g/mol. The summed E-state index contributed by atoms with van der Waals surface area (Å²) in [5.74, 6) is 0.123. The van der Waals surface area contributed by atoms with Gasteiger partial charge in [0.15, 0.2) is 5.65 Å². The number of hydrogen-bond donors (Lipinski definition) is 1. The Kier molecular flexibility index (Phi) is 5.10. The van der Waals surface area contributed by atoms with E-state index in [9.17, 15) is 4.79 Å². The Balaban J connectivity index is 1.58. The largest absolute Gasteiger partial charge is 0.465 e. The van der Waals surface area contributed by atoms with Gasteiger partial charge in [0.1, 0.15) is 13.7 Å². The molecule has 0 aliphatic carbocycles. The van der Waals surface area contributed by atoms with E-state index in [-0.39, 0.29) is 5.97 Å². The minimum Gasteiger partial charge on any atom is -0.465 e. The van der Waals surface area contributed by atoms with E-state index in [1.54, 1.807) is 22.8 Å². The number of pyridine rings is 1. The van der Waals surface area contributed by atoms with Crippen LogP contribution in [0.1, 0.15) is 10.4 Å². The molecule has 5 aromatic rings. The Morgan fingerprint density at radius 3 is 2.33 bits per heavy atom. The van der Waals surface area contributed by atoms with Crippen LogP contribution >= 0.6 is 0 Å². The van der Waals surface area contributed by atoms with Crippen LogP contribution in [0.25, 0.3) is 39.3 Å². The number of methoxy groups -OCH3 is 1. The second-order valence-corrected chi connectivity index (χ2v) is 7.63. The number of hydrogen-bond acceptors (Lipinski definition) is 6. The van der Waals surface area contributed by atoms with Crippen LogP contribution in [0.5, 0.6) is 0 Å². The molecule has 0 fully saturated rings. The number of benzene rings is 2. The molecule has 3 heterocycles. The van der Waals surface area contributed by atoms with E-state index in [1.165, 1.54) is 7.11 Å². The number of aromatic nitrogens is 4. The average Bonchev–Trinajstić information content (AvgIpc) is 3.30. The molecule has 7 nitrogen and oxygen atoms in total. The number of carbonyl (C=O) groups excluding carboxylic acids is 1. The van der Waals surface area contributed by atoms with Crippen molar-refractivity contribution in [2.75, 3.05) is 12.8 Å². The predicted molar refractivity (Wildman–Crippen MR) is 131 cm³/mol. The molecule has 160 valence electrons. The average molecular weight is 433 g/mol. The van der Waals surface area contributed by atoms with Crippen LogP contribution < -0.4 is 11.2 Å². The van der Waals surface area contributed by atoms with Gasteiger partial charge in [0, 0.05) is 22.9 Å². The minimum absolute atomic E-state index is 0.384. The number of nitrogens with two attached hydrogens (primary N) is 1. The van der Waals surface area contributed by atoms with Gasteiger partial charge in [-0.3, -0.25) is 4.98 Å². The first kappa shape index (κ1) is 20.4. The molecule has 5 rings (SSSR count). The van der Waals surface area contributed by atoms with Crippen LogP contribution in [-0.4, -0.2) is 40.5 Å². The van der Waals surface area contributed by atoms with Gasteiger partial charge in [0.05, 0.1) is 30.3 Å². The van der Waals surface area contributed by atoms with Gasteiger partial charge in [-0.1, -0.05) is 48.5 Å². The number of ether oxygens (including phenoxy) is 1. The van der Waals surface area contributed by atoms with Gasteiger partial charge in [-0.25, -0.2) is 9.78 Å². The Hall–Kier alpha value is -4.46. The summed E-state index contributed by atoms with van der Waals surface area (Å²) in [4.78, 5) is 21.3. The molecule has 8 heteroatoms. The zero-order valence-corrected chi connectivity index (χ0v) is 18.2. The van der Waals surface area contributed by atoms with Crippen molar-refractivity contribution in [3.63, 3.8) is 0 Å². The van der Waals surface area contributed by atoms with E-state index in [0.29, 0.717) is 17.0 Å². The van der Waals surface area contributed by atoms with Gasteiger partial charge in [-0.05, 0) is 29.2 Å². The molecule has 0 radical (unpaired) electrons. The summed E-state index contributed by atoms with van der Waals surface area (Å²) >= 11 is 0. The van der Waals surface area contributed by atoms with Crippen molar-refractivity contribution < 1.29 is 9.53 Å². The van der Waals surface area contributed by atoms with Crippen molar-refractivity contribution in [2.24, 2.45) is 0 Å². The van der Waals surface area contributed by atoms with Crippen molar-refractivity contribution >= 4 is 30.7 Å². The van der Waals surface area contributed by atoms with Gasteiger partial charge < -0.3 is 10.5 Å². The summed E-state index contributed by atoms with van der Waals surface area (Å²) in [6.45, 7) is 0. The summed E-state index contributed by atoms with van der Waals surface area (Å²) in [6.07, 6.45) is 3.57. The van der Waals surface area contributed by atoms with Crippen molar-refractivity contribution in [2.45, 2.75) is 0 Å². The molecule has 0 saturated heterocycles. The predicted octanol–water partition coefficient (Wildman–Crippen LogP) is 2.75. The number of nitrogen functional groups attached to an aromatic ring is 1. The molecule has 0 spiro atoms. The normalized spacial score (nSPS) is 10.9. The van der Waals surface area contributed by atoms with E-state index in [4.69, 9.17) is 15.5 Å². The zero-order chi connectivity index (χ0) is 22.9. The molecule has 0 aliphatic rings. The van der Waals surface area contributed by atoms with Crippen LogP contribution in [-0.2, 0) is 4.74 Å². The summed E-state index contributed by atoms with van der Waals surface area (Å²) in [7, 11) is 3.27. The molecule has 0 saturated carbocycles. The highest BCUT2D eigenvalue weighted by atomic mass is 16.5. The Bertz CT molecular complexity index is 1460. The smallest absolute Gasteiger partial charge is 0.337 e. The third-order valence-corrected chi connectivity index (χ3v) is 5.65. The number of rotatable bonds is 4. The molecule has 2 N–H and O–H groups in total. The molecule has 0 aliphatic heterocycles. The lowest BCUT2D eigenvalue weighted by Gasteiger charge is -2.11. The standard InChI is InChI=1S/C25H20BN5O2/c1-33-25(32)17-9-7-16(8-10-17)22-21(26)23(27)31-24(30-22)19(14-29-31)18-11-12-20(28-13-18)15-5-3-2-4-6-15/h2-14H,26-27H2,1H3. The van der Waals surface area contributed by atoms with Crippen LogP contribution in [0.2, 0.25) is 0 Å². The van der Waals surface area contributed by atoms with Crippen molar-refractivity contribution in [1.29, 1.82) is 0 Å². The number of fused-ring (bicyclic) bond motifs is 1.